The Morgan fingerprint density at radius 1 is 1.12 bits per heavy atom. The van der Waals surface area contributed by atoms with E-state index in [9.17, 15) is 4.79 Å². The van der Waals surface area contributed by atoms with E-state index in [1.807, 2.05) is 55.5 Å². The summed E-state index contributed by atoms with van der Waals surface area (Å²) in [6, 6.07) is 15.9. The number of rotatable bonds is 8. The van der Waals surface area contributed by atoms with E-state index in [0.717, 1.165) is 28.9 Å². The summed E-state index contributed by atoms with van der Waals surface area (Å²) in [7, 11) is 0. The summed E-state index contributed by atoms with van der Waals surface area (Å²) in [4.78, 5) is 12.2. The maximum absolute atomic E-state index is 12.2. The third kappa shape index (κ3) is 5.39. The third-order valence-electron chi connectivity index (χ3n) is 3.93. The number of aliphatic hydroxyl groups is 1. The second kappa shape index (κ2) is 9.08. The summed E-state index contributed by atoms with van der Waals surface area (Å²) in [5.74, 6) is 0.00722. The number of anilines is 2. The zero-order valence-electron chi connectivity index (χ0n) is 14.4. The van der Waals surface area contributed by atoms with E-state index in [2.05, 4.69) is 17.6 Å². The van der Waals surface area contributed by atoms with E-state index in [1.54, 1.807) is 0 Å². The van der Waals surface area contributed by atoms with Crippen molar-refractivity contribution >= 4 is 17.3 Å². The Bertz CT molecular complexity index is 653. The highest BCUT2D eigenvalue weighted by Gasteiger charge is 2.10. The summed E-state index contributed by atoms with van der Waals surface area (Å²) >= 11 is 0. The van der Waals surface area contributed by atoms with Gasteiger partial charge in [0.15, 0.2) is 0 Å². The Morgan fingerprint density at radius 3 is 2.50 bits per heavy atom. The van der Waals surface area contributed by atoms with Gasteiger partial charge < -0.3 is 15.7 Å². The molecule has 1 unspecified atom stereocenters. The van der Waals surface area contributed by atoms with Crippen molar-refractivity contribution in [2.24, 2.45) is 0 Å². The molecule has 0 aliphatic heterocycles. The number of para-hydroxylation sites is 1. The molecular formula is C20H26N2O2. The highest BCUT2D eigenvalue weighted by Crippen LogP contribution is 2.17. The fraction of sp³-hybridized carbons (Fsp3) is 0.350. The normalized spacial score (nSPS) is 11.8. The van der Waals surface area contributed by atoms with Crippen LogP contribution >= 0.6 is 0 Å². The second-order valence-electron chi connectivity index (χ2n) is 5.98. The lowest BCUT2D eigenvalue weighted by molar-refractivity contribution is -0.116. The maximum atomic E-state index is 12.2. The van der Waals surface area contributed by atoms with Crippen molar-refractivity contribution in [3.05, 3.63) is 59.7 Å². The smallest absolute Gasteiger partial charge is 0.226 e. The topological polar surface area (TPSA) is 61.4 Å². The van der Waals surface area contributed by atoms with Crippen LogP contribution in [0.25, 0.3) is 0 Å². The van der Waals surface area contributed by atoms with Crippen molar-refractivity contribution < 1.29 is 9.90 Å². The van der Waals surface area contributed by atoms with Gasteiger partial charge in [-0.25, -0.2) is 0 Å². The van der Waals surface area contributed by atoms with E-state index in [4.69, 9.17) is 5.11 Å². The molecule has 0 aliphatic carbocycles. The summed E-state index contributed by atoms with van der Waals surface area (Å²) in [6.07, 6.45) is 1.95. The Balaban J connectivity index is 1.87. The van der Waals surface area contributed by atoms with Crippen LogP contribution in [-0.2, 0) is 17.6 Å². The van der Waals surface area contributed by atoms with E-state index in [0.29, 0.717) is 12.8 Å². The molecule has 0 spiro atoms. The maximum Gasteiger partial charge on any atom is 0.226 e. The molecule has 0 aliphatic rings. The van der Waals surface area contributed by atoms with Crippen molar-refractivity contribution in [1.29, 1.82) is 0 Å². The summed E-state index contributed by atoms with van der Waals surface area (Å²) < 4.78 is 0. The van der Waals surface area contributed by atoms with Crippen molar-refractivity contribution in [1.82, 2.24) is 0 Å². The zero-order valence-corrected chi connectivity index (χ0v) is 14.4. The number of aliphatic hydroxyl groups excluding tert-OH is 1. The molecule has 4 nitrogen and oxygen atoms in total. The van der Waals surface area contributed by atoms with E-state index < -0.39 is 0 Å². The summed E-state index contributed by atoms with van der Waals surface area (Å²) in [6.45, 7) is 4.23. The quantitative estimate of drug-likeness (QED) is 0.694. The number of hydrogen-bond donors (Lipinski definition) is 3. The van der Waals surface area contributed by atoms with Gasteiger partial charge in [-0.2, -0.15) is 0 Å². The van der Waals surface area contributed by atoms with Crippen LogP contribution in [0.3, 0.4) is 0 Å². The van der Waals surface area contributed by atoms with Gasteiger partial charge in [0.25, 0.3) is 0 Å². The van der Waals surface area contributed by atoms with Gasteiger partial charge in [-0.05, 0) is 49.1 Å². The number of carbonyl (C=O) groups excluding carboxylic acids is 1. The van der Waals surface area contributed by atoms with Crippen molar-refractivity contribution in [3.8, 4) is 0 Å². The van der Waals surface area contributed by atoms with E-state index in [1.165, 1.54) is 0 Å². The molecule has 4 heteroatoms. The average molecular weight is 326 g/mol. The molecule has 1 atom stereocenters. The number of carbonyl (C=O) groups is 1. The molecule has 0 bridgehead atoms. The molecule has 0 heterocycles. The lowest BCUT2D eigenvalue weighted by atomic mass is 10.1. The molecule has 128 valence electrons. The van der Waals surface area contributed by atoms with Gasteiger partial charge in [0.1, 0.15) is 0 Å². The van der Waals surface area contributed by atoms with Crippen LogP contribution in [0.5, 0.6) is 0 Å². The van der Waals surface area contributed by atoms with E-state index in [-0.39, 0.29) is 18.6 Å². The molecule has 1 amide bonds. The van der Waals surface area contributed by atoms with Gasteiger partial charge in [-0.3, -0.25) is 4.79 Å². The number of benzene rings is 2. The second-order valence-corrected chi connectivity index (χ2v) is 5.98. The Kier molecular flexibility index (Phi) is 6.82. The molecule has 0 radical (unpaired) electrons. The standard InChI is InChI=1S/C20H26N2O2/c1-3-17-6-4-5-7-19(17)22-20(24)14-15(2)21-18-10-8-16(9-11-18)12-13-23/h4-11,15,21,23H,3,12-14H2,1-2H3,(H,22,24). The SMILES string of the molecule is CCc1ccccc1NC(=O)CC(C)Nc1ccc(CCO)cc1. The van der Waals surface area contributed by atoms with Crippen LogP contribution in [0.15, 0.2) is 48.5 Å². The first kappa shape index (κ1) is 18.0. The minimum atomic E-state index is 0.00722. The minimum Gasteiger partial charge on any atom is -0.396 e. The molecular weight excluding hydrogens is 300 g/mol. The van der Waals surface area contributed by atoms with Crippen molar-refractivity contribution in [2.45, 2.75) is 39.2 Å². The predicted octanol–water partition coefficient (Wildman–Crippen LogP) is 3.61. The van der Waals surface area contributed by atoms with Crippen molar-refractivity contribution in [3.63, 3.8) is 0 Å². The summed E-state index contributed by atoms with van der Waals surface area (Å²) in [5, 5.41) is 15.3. The first-order valence-corrected chi connectivity index (χ1v) is 8.46. The van der Waals surface area contributed by atoms with Gasteiger partial charge in [-0.1, -0.05) is 37.3 Å². The number of aryl methyl sites for hydroxylation is 1. The van der Waals surface area contributed by atoms with Crippen molar-refractivity contribution in [2.75, 3.05) is 17.2 Å². The van der Waals surface area contributed by atoms with Gasteiger partial charge in [0.05, 0.1) is 0 Å². The number of hydrogen-bond acceptors (Lipinski definition) is 3. The van der Waals surface area contributed by atoms with Crippen LogP contribution in [0.4, 0.5) is 11.4 Å². The highest BCUT2D eigenvalue weighted by atomic mass is 16.2. The van der Waals surface area contributed by atoms with Crippen LogP contribution < -0.4 is 10.6 Å². The molecule has 24 heavy (non-hydrogen) atoms. The molecule has 2 rings (SSSR count). The largest absolute Gasteiger partial charge is 0.396 e. The number of nitrogens with one attached hydrogen (secondary N) is 2. The van der Waals surface area contributed by atoms with Crippen LogP contribution in [0, 0.1) is 0 Å². The molecule has 3 N–H and O–H groups in total. The minimum absolute atomic E-state index is 0.00722. The zero-order chi connectivity index (χ0) is 17.4. The molecule has 0 saturated carbocycles. The molecule has 2 aromatic carbocycles. The molecule has 2 aromatic rings. The predicted molar refractivity (Wildman–Crippen MR) is 99.4 cm³/mol. The average Bonchev–Trinajstić information content (AvgIpc) is 2.57. The molecule has 0 fully saturated rings. The third-order valence-corrected chi connectivity index (χ3v) is 3.93. The number of amides is 1. The molecule has 0 saturated heterocycles. The van der Waals surface area contributed by atoms with Gasteiger partial charge in [0.2, 0.25) is 5.91 Å². The van der Waals surface area contributed by atoms with Crippen LogP contribution in [-0.4, -0.2) is 23.7 Å². The first-order valence-electron chi connectivity index (χ1n) is 8.46. The fourth-order valence-electron chi connectivity index (χ4n) is 2.66. The van der Waals surface area contributed by atoms with Gasteiger partial charge in [-0.15, -0.1) is 0 Å². The highest BCUT2D eigenvalue weighted by molar-refractivity contribution is 5.92. The molecule has 0 aromatic heterocycles. The lowest BCUT2D eigenvalue weighted by Crippen LogP contribution is -2.24. The Labute approximate surface area is 143 Å². The summed E-state index contributed by atoms with van der Waals surface area (Å²) in [5.41, 5.74) is 4.12. The van der Waals surface area contributed by atoms with Gasteiger partial charge >= 0.3 is 0 Å². The monoisotopic (exact) mass is 326 g/mol. The van der Waals surface area contributed by atoms with Gasteiger partial charge in [0, 0.05) is 30.4 Å². The van der Waals surface area contributed by atoms with Crippen LogP contribution in [0.2, 0.25) is 0 Å². The first-order chi connectivity index (χ1) is 11.6. The lowest BCUT2D eigenvalue weighted by Gasteiger charge is -2.16. The Morgan fingerprint density at radius 2 is 1.83 bits per heavy atom. The van der Waals surface area contributed by atoms with E-state index >= 15 is 0 Å². The fourth-order valence-corrected chi connectivity index (χ4v) is 2.66. The Hall–Kier alpha value is -2.33. The van der Waals surface area contributed by atoms with Crippen LogP contribution in [0.1, 0.15) is 31.4 Å².